The zero-order valence-corrected chi connectivity index (χ0v) is 15.8. The van der Waals surface area contributed by atoms with E-state index in [9.17, 15) is 9.59 Å². The molecule has 0 radical (unpaired) electrons. The summed E-state index contributed by atoms with van der Waals surface area (Å²) in [6.07, 6.45) is 4.94. The first-order valence-electron chi connectivity index (χ1n) is 8.79. The predicted octanol–water partition coefficient (Wildman–Crippen LogP) is 3.43. The van der Waals surface area contributed by atoms with Crippen molar-refractivity contribution < 1.29 is 22.9 Å². The molecule has 4 aromatic rings. The second kappa shape index (κ2) is 7.06. The minimum absolute atomic E-state index is 0.220. The molecule has 0 bridgehead atoms. The fourth-order valence-corrected chi connectivity index (χ4v) is 4.08. The zero-order valence-electron chi connectivity index (χ0n) is 15.0. The van der Waals surface area contributed by atoms with Gasteiger partial charge in [0.15, 0.2) is 16.6 Å². The molecule has 0 aliphatic carbocycles. The van der Waals surface area contributed by atoms with Crippen LogP contribution < -0.4 is 5.32 Å². The maximum Gasteiger partial charge on any atom is 0.276 e. The molecule has 10 heteroatoms. The molecule has 0 unspecified atom stereocenters. The number of anilines is 1. The number of nitrogens with zero attached hydrogens (tertiary/aromatic N) is 3. The Labute approximate surface area is 167 Å². The minimum Gasteiger partial charge on any atom is -0.472 e. The largest absolute Gasteiger partial charge is 0.472 e. The summed E-state index contributed by atoms with van der Waals surface area (Å²) in [6, 6.07) is 6.62. The van der Waals surface area contributed by atoms with Crippen LogP contribution in [0.5, 0.6) is 0 Å². The lowest BCUT2D eigenvalue weighted by Crippen LogP contribution is -2.35. The average molecular weight is 410 g/mol. The van der Waals surface area contributed by atoms with Gasteiger partial charge in [-0.1, -0.05) is 16.5 Å². The van der Waals surface area contributed by atoms with Gasteiger partial charge >= 0.3 is 0 Å². The summed E-state index contributed by atoms with van der Waals surface area (Å²) >= 11 is 1.35. The second-order valence-electron chi connectivity index (χ2n) is 6.39. The average Bonchev–Trinajstić information content (AvgIpc) is 3.53. The molecule has 5 rings (SSSR count). The summed E-state index contributed by atoms with van der Waals surface area (Å²) in [5.74, 6) is 0.399. The quantitative estimate of drug-likeness (QED) is 0.548. The maximum atomic E-state index is 12.8. The molecule has 29 heavy (non-hydrogen) atoms. The number of hydrogen-bond donors (Lipinski definition) is 1. The highest BCUT2D eigenvalue weighted by molar-refractivity contribution is 7.15. The third-order valence-electron chi connectivity index (χ3n) is 4.52. The van der Waals surface area contributed by atoms with E-state index in [0.717, 1.165) is 10.6 Å². The standard InChI is InChI=1S/C19H14N4O5S/c24-17(11-4-7-26-10-11)21-19-20-12-3-5-23(9-16(12)29-19)18(25)13-8-15(28-22-13)14-2-1-6-27-14/h1-2,4,6-8,10H,3,5,9H2,(H,20,21,24). The van der Waals surface area contributed by atoms with Crippen molar-refractivity contribution in [3.05, 3.63) is 64.9 Å². The van der Waals surface area contributed by atoms with E-state index in [1.807, 2.05) is 0 Å². The molecule has 9 nitrogen and oxygen atoms in total. The van der Waals surface area contributed by atoms with E-state index in [1.165, 1.54) is 30.1 Å². The van der Waals surface area contributed by atoms with Crippen LogP contribution in [0.4, 0.5) is 5.13 Å². The molecule has 5 heterocycles. The van der Waals surface area contributed by atoms with Crippen molar-refractivity contribution in [2.24, 2.45) is 0 Å². The van der Waals surface area contributed by atoms with Crippen LogP contribution in [-0.2, 0) is 13.0 Å². The third-order valence-corrected chi connectivity index (χ3v) is 5.51. The van der Waals surface area contributed by atoms with Crippen molar-refractivity contribution >= 4 is 28.3 Å². The first-order chi connectivity index (χ1) is 14.2. The van der Waals surface area contributed by atoms with Crippen molar-refractivity contribution in [3.63, 3.8) is 0 Å². The van der Waals surface area contributed by atoms with Crippen molar-refractivity contribution in [3.8, 4) is 11.5 Å². The Morgan fingerprint density at radius 2 is 2.14 bits per heavy atom. The van der Waals surface area contributed by atoms with Crippen LogP contribution in [0.25, 0.3) is 11.5 Å². The van der Waals surface area contributed by atoms with E-state index in [4.69, 9.17) is 13.4 Å². The topological polar surface area (TPSA) is 115 Å². The molecule has 0 spiro atoms. The minimum atomic E-state index is -0.286. The molecule has 0 atom stereocenters. The number of rotatable bonds is 4. The molecule has 2 amide bonds. The Kier molecular flexibility index (Phi) is 4.24. The van der Waals surface area contributed by atoms with E-state index in [1.54, 1.807) is 29.2 Å². The number of carbonyl (C=O) groups is 2. The Hall–Kier alpha value is -3.66. The Morgan fingerprint density at radius 1 is 1.21 bits per heavy atom. The van der Waals surface area contributed by atoms with Gasteiger partial charge in [-0.05, 0) is 18.2 Å². The van der Waals surface area contributed by atoms with Gasteiger partial charge in [0.2, 0.25) is 5.76 Å². The van der Waals surface area contributed by atoms with Crippen LogP contribution >= 0.6 is 11.3 Å². The summed E-state index contributed by atoms with van der Waals surface area (Å²) in [5.41, 5.74) is 1.53. The van der Waals surface area contributed by atoms with Crippen LogP contribution in [0.15, 0.2) is 56.4 Å². The number of carbonyl (C=O) groups excluding carboxylic acids is 2. The SMILES string of the molecule is O=C(Nc1nc2c(s1)CN(C(=O)c1cc(-c3ccco3)on1)CC2)c1ccoc1. The van der Waals surface area contributed by atoms with Gasteiger partial charge in [-0.15, -0.1) is 0 Å². The van der Waals surface area contributed by atoms with E-state index >= 15 is 0 Å². The number of aromatic nitrogens is 2. The van der Waals surface area contributed by atoms with Crippen molar-refractivity contribution in [2.45, 2.75) is 13.0 Å². The molecule has 0 saturated carbocycles. The summed E-state index contributed by atoms with van der Waals surface area (Å²) in [4.78, 5) is 32.1. The second-order valence-corrected chi connectivity index (χ2v) is 7.47. The zero-order chi connectivity index (χ0) is 19.8. The molecule has 4 aromatic heterocycles. The van der Waals surface area contributed by atoms with Crippen LogP contribution in [0, 0.1) is 0 Å². The van der Waals surface area contributed by atoms with Gasteiger partial charge in [0.1, 0.15) is 6.26 Å². The number of furan rings is 2. The van der Waals surface area contributed by atoms with Gasteiger partial charge in [0, 0.05) is 23.9 Å². The van der Waals surface area contributed by atoms with Gasteiger partial charge in [-0.2, -0.15) is 0 Å². The highest BCUT2D eigenvalue weighted by Crippen LogP contribution is 2.30. The van der Waals surface area contributed by atoms with Gasteiger partial charge < -0.3 is 18.3 Å². The molecular weight excluding hydrogens is 396 g/mol. The van der Waals surface area contributed by atoms with E-state index in [0.29, 0.717) is 41.7 Å². The molecule has 1 aliphatic rings. The molecular formula is C19H14N4O5S. The summed E-state index contributed by atoms with van der Waals surface area (Å²) in [6.45, 7) is 0.907. The van der Waals surface area contributed by atoms with E-state index < -0.39 is 0 Å². The van der Waals surface area contributed by atoms with Crippen LogP contribution in [0.2, 0.25) is 0 Å². The number of thiazole rings is 1. The van der Waals surface area contributed by atoms with Crippen LogP contribution in [0.3, 0.4) is 0 Å². The fraction of sp³-hybridized carbons (Fsp3) is 0.158. The third kappa shape index (κ3) is 3.34. The number of fused-ring (bicyclic) bond motifs is 1. The van der Waals surface area contributed by atoms with Crippen LogP contribution in [0.1, 0.15) is 31.4 Å². The van der Waals surface area contributed by atoms with Crippen molar-refractivity contribution in [2.75, 3.05) is 11.9 Å². The lowest BCUT2D eigenvalue weighted by atomic mass is 10.1. The first-order valence-corrected chi connectivity index (χ1v) is 9.61. The van der Waals surface area contributed by atoms with Crippen molar-refractivity contribution in [1.82, 2.24) is 15.0 Å². The molecule has 0 saturated heterocycles. The normalized spacial score (nSPS) is 13.3. The molecule has 1 N–H and O–H groups in total. The summed E-state index contributed by atoms with van der Waals surface area (Å²) < 4.78 is 15.4. The van der Waals surface area contributed by atoms with Gasteiger partial charge in [-0.25, -0.2) is 4.98 Å². The highest BCUT2D eigenvalue weighted by Gasteiger charge is 2.27. The summed E-state index contributed by atoms with van der Waals surface area (Å²) in [7, 11) is 0. The van der Waals surface area contributed by atoms with Crippen LogP contribution in [-0.4, -0.2) is 33.4 Å². The van der Waals surface area contributed by atoms with Gasteiger partial charge in [-0.3, -0.25) is 14.9 Å². The number of amides is 2. The molecule has 146 valence electrons. The molecule has 1 aliphatic heterocycles. The maximum absolute atomic E-state index is 12.8. The predicted molar refractivity (Wildman–Crippen MR) is 101 cm³/mol. The highest BCUT2D eigenvalue weighted by atomic mass is 32.1. The molecule has 0 fully saturated rings. The van der Waals surface area contributed by atoms with Crippen molar-refractivity contribution in [1.29, 1.82) is 0 Å². The van der Waals surface area contributed by atoms with Gasteiger partial charge in [0.25, 0.3) is 11.8 Å². The number of nitrogens with one attached hydrogen (secondary N) is 1. The van der Waals surface area contributed by atoms with E-state index in [2.05, 4.69) is 15.5 Å². The lowest BCUT2D eigenvalue weighted by Gasteiger charge is -2.25. The Morgan fingerprint density at radius 3 is 2.93 bits per heavy atom. The Bertz CT molecular complexity index is 1160. The fourth-order valence-electron chi connectivity index (χ4n) is 3.06. The smallest absolute Gasteiger partial charge is 0.276 e. The monoisotopic (exact) mass is 410 g/mol. The van der Waals surface area contributed by atoms with E-state index in [-0.39, 0.29) is 17.5 Å². The summed E-state index contributed by atoms with van der Waals surface area (Å²) in [5, 5.41) is 7.13. The number of hydrogen-bond acceptors (Lipinski definition) is 8. The van der Waals surface area contributed by atoms with Gasteiger partial charge in [0.05, 0.1) is 30.3 Å². The molecule has 0 aromatic carbocycles. The lowest BCUT2D eigenvalue weighted by molar-refractivity contribution is 0.0725. The Balaban J connectivity index is 1.29. The first kappa shape index (κ1) is 17.4.